The van der Waals surface area contributed by atoms with E-state index >= 15 is 0 Å². The first-order valence-corrected chi connectivity index (χ1v) is 7.31. The predicted molar refractivity (Wildman–Crippen MR) is 83.4 cm³/mol. The molecule has 2 rings (SSSR count). The van der Waals surface area contributed by atoms with Gasteiger partial charge in [-0.05, 0) is 54.8 Å². The first-order chi connectivity index (χ1) is 9.88. The molecule has 0 saturated carbocycles. The number of hydrogen-bond donors (Lipinski definition) is 2. The summed E-state index contributed by atoms with van der Waals surface area (Å²) in [5.41, 5.74) is 3.38. The molecule has 0 aliphatic carbocycles. The topological polar surface area (TPSA) is 32.3 Å². The molecule has 2 N–H and O–H groups in total. The van der Waals surface area contributed by atoms with Crippen molar-refractivity contribution in [2.45, 2.75) is 20.0 Å². The maximum atomic E-state index is 13.1. The van der Waals surface area contributed by atoms with Crippen molar-refractivity contribution in [2.75, 3.05) is 11.9 Å². The van der Waals surface area contributed by atoms with Gasteiger partial charge in [-0.2, -0.15) is 0 Å². The highest BCUT2D eigenvalue weighted by atomic mass is 79.9. The number of benzene rings is 2. The summed E-state index contributed by atoms with van der Waals surface area (Å²) in [4.78, 5) is 0. The second-order valence-corrected chi connectivity index (χ2v) is 5.79. The molecule has 2 aromatic carbocycles. The molecular formula is C16H16BrF2NO. The second-order valence-electron chi connectivity index (χ2n) is 4.99. The predicted octanol–water partition coefficient (Wildman–Crippen LogP) is 4.49. The average Bonchev–Trinajstić information content (AvgIpc) is 2.44. The minimum absolute atomic E-state index is 0.214. The Hall–Kier alpha value is -1.46. The van der Waals surface area contributed by atoms with Crippen LogP contribution >= 0.6 is 15.9 Å². The number of aryl methyl sites for hydroxylation is 2. The number of aliphatic hydroxyl groups excluding tert-OH is 1. The third-order valence-electron chi connectivity index (χ3n) is 3.26. The summed E-state index contributed by atoms with van der Waals surface area (Å²) < 4.78 is 27.1. The normalized spacial score (nSPS) is 12.3. The van der Waals surface area contributed by atoms with Crippen LogP contribution in [-0.4, -0.2) is 11.7 Å². The van der Waals surface area contributed by atoms with Crippen LogP contribution in [-0.2, 0) is 0 Å². The number of hydrogen-bond acceptors (Lipinski definition) is 2. The Labute approximate surface area is 130 Å². The van der Waals surface area contributed by atoms with Crippen molar-refractivity contribution in [1.29, 1.82) is 0 Å². The summed E-state index contributed by atoms with van der Waals surface area (Å²) in [6, 6.07) is 7.31. The monoisotopic (exact) mass is 355 g/mol. The molecule has 0 saturated heterocycles. The lowest BCUT2D eigenvalue weighted by Gasteiger charge is -2.15. The van der Waals surface area contributed by atoms with Crippen molar-refractivity contribution in [2.24, 2.45) is 0 Å². The highest BCUT2D eigenvalue weighted by molar-refractivity contribution is 9.10. The number of anilines is 1. The van der Waals surface area contributed by atoms with Gasteiger partial charge in [0, 0.05) is 16.7 Å². The summed E-state index contributed by atoms with van der Waals surface area (Å²) in [7, 11) is 0. The van der Waals surface area contributed by atoms with Crippen molar-refractivity contribution in [3.63, 3.8) is 0 Å². The third kappa shape index (κ3) is 3.80. The molecule has 0 aromatic heterocycles. The maximum Gasteiger partial charge on any atom is 0.159 e. The van der Waals surface area contributed by atoms with Gasteiger partial charge in [-0.15, -0.1) is 0 Å². The van der Waals surface area contributed by atoms with Crippen LogP contribution in [0.25, 0.3) is 0 Å². The molecule has 0 spiro atoms. The molecule has 0 radical (unpaired) electrons. The summed E-state index contributed by atoms with van der Waals surface area (Å²) >= 11 is 3.49. The standard InChI is InChI=1S/C16H16BrF2NO/c1-9-5-12(6-10(2)16(9)17)20-8-15(21)11-3-4-13(18)14(19)7-11/h3-7,15,20-21H,8H2,1-2H3. The largest absolute Gasteiger partial charge is 0.387 e. The summed E-state index contributed by atoms with van der Waals surface area (Å²) in [5, 5.41) is 13.1. The van der Waals surface area contributed by atoms with Gasteiger partial charge >= 0.3 is 0 Å². The minimum atomic E-state index is -0.957. The number of rotatable bonds is 4. The molecule has 0 amide bonds. The third-order valence-corrected chi connectivity index (χ3v) is 4.52. The molecule has 0 heterocycles. The zero-order chi connectivity index (χ0) is 15.6. The molecule has 21 heavy (non-hydrogen) atoms. The van der Waals surface area contributed by atoms with Gasteiger partial charge in [0.05, 0.1) is 6.10 Å². The van der Waals surface area contributed by atoms with Crippen LogP contribution in [0.5, 0.6) is 0 Å². The molecule has 0 aliphatic heterocycles. The SMILES string of the molecule is Cc1cc(NCC(O)c2ccc(F)c(F)c2)cc(C)c1Br. The van der Waals surface area contributed by atoms with E-state index in [-0.39, 0.29) is 6.54 Å². The fraction of sp³-hybridized carbons (Fsp3) is 0.250. The first-order valence-electron chi connectivity index (χ1n) is 6.52. The molecule has 5 heteroatoms. The first kappa shape index (κ1) is 15.9. The lowest BCUT2D eigenvalue weighted by molar-refractivity contribution is 0.191. The Morgan fingerprint density at radius 3 is 2.29 bits per heavy atom. The summed E-state index contributed by atoms with van der Waals surface area (Å²) in [6.45, 7) is 4.17. The number of aliphatic hydroxyl groups is 1. The Kier molecular flexibility index (Phi) is 4.96. The van der Waals surface area contributed by atoms with Crippen LogP contribution in [0.2, 0.25) is 0 Å². The quantitative estimate of drug-likeness (QED) is 0.846. The molecule has 1 atom stereocenters. The van der Waals surface area contributed by atoms with Crippen molar-refractivity contribution in [3.8, 4) is 0 Å². The van der Waals surface area contributed by atoms with Crippen LogP contribution in [0.1, 0.15) is 22.8 Å². The van der Waals surface area contributed by atoms with Crippen molar-refractivity contribution < 1.29 is 13.9 Å². The van der Waals surface area contributed by atoms with Gasteiger partial charge in [-0.25, -0.2) is 8.78 Å². The minimum Gasteiger partial charge on any atom is -0.387 e. The molecule has 2 aromatic rings. The Morgan fingerprint density at radius 2 is 1.71 bits per heavy atom. The maximum absolute atomic E-state index is 13.1. The Morgan fingerprint density at radius 1 is 1.10 bits per heavy atom. The van der Waals surface area contributed by atoms with Gasteiger partial charge in [0.25, 0.3) is 0 Å². The highest BCUT2D eigenvalue weighted by Crippen LogP contribution is 2.25. The van der Waals surface area contributed by atoms with E-state index in [0.29, 0.717) is 5.56 Å². The van der Waals surface area contributed by atoms with Gasteiger partial charge in [-0.1, -0.05) is 22.0 Å². The van der Waals surface area contributed by atoms with E-state index in [9.17, 15) is 13.9 Å². The van der Waals surface area contributed by atoms with Gasteiger partial charge in [-0.3, -0.25) is 0 Å². The van der Waals surface area contributed by atoms with E-state index in [0.717, 1.165) is 33.4 Å². The van der Waals surface area contributed by atoms with E-state index in [1.807, 2.05) is 26.0 Å². The van der Waals surface area contributed by atoms with Crippen molar-refractivity contribution >= 4 is 21.6 Å². The van der Waals surface area contributed by atoms with Crippen LogP contribution in [0.15, 0.2) is 34.8 Å². The van der Waals surface area contributed by atoms with Gasteiger partial charge < -0.3 is 10.4 Å². The van der Waals surface area contributed by atoms with Crippen molar-refractivity contribution in [1.82, 2.24) is 0 Å². The summed E-state index contributed by atoms with van der Waals surface area (Å²) in [6.07, 6.45) is -0.913. The van der Waals surface area contributed by atoms with E-state index in [1.165, 1.54) is 6.07 Å². The zero-order valence-corrected chi connectivity index (χ0v) is 13.3. The summed E-state index contributed by atoms with van der Waals surface area (Å²) in [5.74, 6) is -1.88. The fourth-order valence-corrected chi connectivity index (χ4v) is 2.33. The second kappa shape index (κ2) is 6.54. The van der Waals surface area contributed by atoms with Gasteiger partial charge in [0.15, 0.2) is 11.6 Å². The Bertz CT molecular complexity index is 638. The number of halogens is 3. The van der Waals surface area contributed by atoms with E-state index < -0.39 is 17.7 Å². The molecule has 112 valence electrons. The van der Waals surface area contributed by atoms with Crippen LogP contribution < -0.4 is 5.32 Å². The van der Waals surface area contributed by atoms with E-state index in [2.05, 4.69) is 21.2 Å². The highest BCUT2D eigenvalue weighted by Gasteiger charge is 2.11. The fourth-order valence-electron chi connectivity index (χ4n) is 2.10. The zero-order valence-electron chi connectivity index (χ0n) is 11.8. The smallest absolute Gasteiger partial charge is 0.159 e. The molecule has 0 bridgehead atoms. The average molecular weight is 356 g/mol. The van der Waals surface area contributed by atoms with Crippen molar-refractivity contribution in [3.05, 3.63) is 63.1 Å². The molecule has 0 aliphatic rings. The molecule has 1 unspecified atom stereocenters. The van der Waals surface area contributed by atoms with E-state index in [1.54, 1.807) is 0 Å². The van der Waals surface area contributed by atoms with Gasteiger partial charge in [0.2, 0.25) is 0 Å². The van der Waals surface area contributed by atoms with Crippen LogP contribution in [0.3, 0.4) is 0 Å². The van der Waals surface area contributed by atoms with Crippen LogP contribution in [0.4, 0.5) is 14.5 Å². The van der Waals surface area contributed by atoms with Crippen LogP contribution in [0, 0.1) is 25.5 Å². The van der Waals surface area contributed by atoms with E-state index in [4.69, 9.17) is 0 Å². The lowest BCUT2D eigenvalue weighted by atomic mass is 10.1. The lowest BCUT2D eigenvalue weighted by Crippen LogP contribution is -2.12. The molecule has 2 nitrogen and oxygen atoms in total. The Balaban J connectivity index is 2.07. The van der Waals surface area contributed by atoms with Gasteiger partial charge in [0.1, 0.15) is 0 Å². The number of nitrogens with one attached hydrogen (secondary N) is 1. The molecular weight excluding hydrogens is 340 g/mol. The molecule has 0 fully saturated rings.